The Bertz CT molecular complexity index is 605. The molecule has 4 heteroatoms. The molecular formula is C28H50N2O2. The maximum atomic E-state index is 12.7. The highest BCUT2D eigenvalue weighted by molar-refractivity contribution is 5.76. The van der Waals surface area contributed by atoms with E-state index in [4.69, 9.17) is 0 Å². The van der Waals surface area contributed by atoms with Gasteiger partial charge >= 0.3 is 0 Å². The van der Waals surface area contributed by atoms with Gasteiger partial charge in [0.2, 0.25) is 11.8 Å². The molecule has 0 saturated heterocycles. The first-order valence-corrected chi connectivity index (χ1v) is 13.8. The summed E-state index contributed by atoms with van der Waals surface area (Å²) < 4.78 is 0. The van der Waals surface area contributed by atoms with Gasteiger partial charge in [0.1, 0.15) is 0 Å². The van der Waals surface area contributed by atoms with Gasteiger partial charge in [-0.05, 0) is 54.8 Å². The number of hydrogen-bond donors (Lipinski definition) is 2. The van der Waals surface area contributed by atoms with Gasteiger partial charge in [-0.25, -0.2) is 0 Å². The van der Waals surface area contributed by atoms with Crippen molar-refractivity contribution in [2.24, 2.45) is 22.7 Å². The molecule has 0 aliphatic heterocycles. The highest BCUT2D eigenvalue weighted by atomic mass is 16.2. The molecule has 0 unspecified atom stereocenters. The van der Waals surface area contributed by atoms with Gasteiger partial charge in [-0.2, -0.15) is 0 Å². The molecule has 2 atom stereocenters. The lowest BCUT2D eigenvalue weighted by Crippen LogP contribution is -2.50. The summed E-state index contributed by atoms with van der Waals surface area (Å²) in [6.07, 6.45) is 19.9. The van der Waals surface area contributed by atoms with E-state index in [0.717, 1.165) is 50.5 Å². The Labute approximate surface area is 197 Å². The van der Waals surface area contributed by atoms with E-state index in [-0.39, 0.29) is 28.7 Å². The average molecular weight is 447 g/mol. The molecule has 3 fully saturated rings. The van der Waals surface area contributed by atoms with Crippen LogP contribution in [-0.4, -0.2) is 24.4 Å². The molecule has 0 bridgehead atoms. The van der Waals surface area contributed by atoms with Gasteiger partial charge in [-0.1, -0.05) is 85.0 Å². The van der Waals surface area contributed by atoms with Crippen molar-refractivity contribution in [3.05, 3.63) is 0 Å². The third kappa shape index (κ3) is 8.71. The Morgan fingerprint density at radius 2 is 1.28 bits per heavy atom. The van der Waals surface area contributed by atoms with Gasteiger partial charge in [0.25, 0.3) is 0 Å². The van der Waals surface area contributed by atoms with Gasteiger partial charge in [-0.15, -0.1) is 0 Å². The molecule has 0 aromatic heterocycles. The minimum Gasteiger partial charge on any atom is -0.356 e. The summed E-state index contributed by atoms with van der Waals surface area (Å²) in [7, 11) is 0. The second-order valence-electron chi connectivity index (χ2n) is 12.7. The average Bonchev–Trinajstić information content (AvgIpc) is 2.75. The second-order valence-corrected chi connectivity index (χ2v) is 12.7. The Morgan fingerprint density at radius 3 is 1.84 bits per heavy atom. The maximum absolute atomic E-state index is 12.7. The van der Waals surface area contributed by atoms with Crippen molar-refractivity contribution < 1.29 is 9.59 Å². The topological polar surface area (TPSA) is 58.2 Å². The molecule has 3 saturated carbocycles. The summed E-state index contributed by atoms with van der Waals surface area (Å²) in [6, 6.07) is 0.224. The molecule has 184 valence electrons. The van der Waals surface area contributed by atoms with E-state index < -0.39 is 0 Å². The molecule has 0 radical (unpaired) electrons. The fourth-order valence-electron chi connectivity index (χ4n) is 7.19. The Balaban J connectivity index is 1.42. The van der Waals surface area contributed by atoms with Crippen LogP contribution in [0.4, 0.5) is 0 Å². The van der Waals surface area contributed by atoms with Crippen LogP contribution in [0.5, 0.6) is 0 Å². The van der Waals surface area contributed by atoms with E-state index in [1.54, 1.807) is 0 Å². The largest absolute Gasteiger partial charge is 0.356 e. The fraction of sp³-hybridized carbons (Fsp3) is 0.929. The van der Waals surface area contributed by atoms with Crippen LogP contribution in [0.3, 0.4) is 0 Å². The van der Waals surface area contributed by atoms with Gasteiger partial charge < -0.3 is 10.6 Å². The zero-order valence-corrected chi connectivity index (χ0v) is 21.3. The van der Waals surface area contributed by atoms with Crippen LogP contribution in [0.15, 0.2) is 0 Å². The number of amides is 2. The molecule has 2 N–H and O–H groups in total. The van der Waals surface area contributed by atoms with Crippen LogP contribution in [0.2, 0.25) is 0 Å². The highest BCUT2D eigenvalue weighted by Gasteiger charge is 2.41. The normalized spacial score (nSPS) is 29.4. The zero-order chi connectivity index (χ0) is 23.0. The van der Waals surface area contributed by atoms with Crippen LogP contribution >= 0.6 is 0 Å². The predicted octanol–water partition coefficient (Wildman–Crippen LogP) is 6.52. The molecule has 32 heavy (non-hydrogen) atoms. The van der Waals surface area contributed by atoms with Crippen LogP contribution in [0.1, 0.15) is 130 Å². The molecule has 0 aromatic carbocycles. The summed E-state index contributed by atoms with van der Waals surface area (Å²) in [5, 5.41) is 6.63. The van der Waals surface area contributed by atoms with Crippen molar-refractivity contribution in [1.29, 1.82) is 0 Å². The summed E-state index contributed by atoms with van der Waals surface area (Å²) in [6.45, 7) is 7.66. The third-order valence-corrected chi connectivity index (χ3v) is 8.53. The zero-order valence-electron chi connectivity index (χ0n) is 21.3. The lowest BCUT2D eigenvalue weighted by molar-refractivity contribution is -0.124. The Hall–Kier alpha value is -1.06. The highest BCUT2D eigenvalue weighted by Crippen LogP contribution is 2.46. The fourth-order valence-corrected chi connectivity index (χ4v) is 7.19. The standard InChI is InChI=1S/C28H50N2O2/c1-27(2)18-24(30-26(32)17-15-23-12-8-5-9-13-23)19-28(3,20-27)21-29-25(31)16-14-22-10-6-4-7-11-22/h22-24H,4-21H2,1-3H3,(H,29,31)(H,30,32)/t24-,28+/m1/s1. The van der Waals surface area contributed by atoms with E-state index in [2.05, 4.69) is 31.4 Å². The van der Waals surface area contributed by atoms with Crippen molar-refractivity contribution in [2.75, 3.05) is 6.54 Å². The van der Waals surface area contributed by atoms with Crippen LogP contribution in [0, 0.1) is 22.7 Å². The van der Waals surface area contributed by atoms with Crippen molar-refractivity contribution in [1.82, 2.24) is 10.6 Å². The molecule has 3 aliphatic rings. The summed E-state index contributed by atoms with van der Waals surface area (Å²) >= 11 is 0. The summed E-state index contributed by atoms with van der Waals surface area (Å²) in [4.78, 5) is 25.2. The SMILES string of the molecule is CC1(C)C[C@@H](NC(=O)CCC2CCCCC2)C[C@](C)(CNC(=O)CCC2CCCCC2)C1. The smallest absolute Gasteiger partial charge is 0.220 e. The number of carbonyl (C=O) groups excluding carboxylic acids is 2. The van der Waals surface area contributed by atoms with Crippen molar-refractivity contribution in [2.45, 2.75) is 136 Å². The predicted molar refractivity (Wildman–Crippen MR) is 132 cm³/mol. The molecule has 3 rings (SSSR count). The summed E-state index contributed by atoms with van der Waals surface area (Å²) in [5.41, 5.74) is 0.227. The number of rotatable bonds is 9. The van der Waals surface area contributed by atoms with Gasteiger partial charge in [0.15, 0.2) is 0 Å². The maximum Gasteiger partial charge on any atom is 0.220 e. The molecule has 0 spiro atoms. The van der Waals surface area contributed by atoms with Crippen molar-refractivity contribution in [3.8, 4) is 0 Å². The number of hydrogen-bond acceptors (Lipinski definition) is 2. The van der Waals surface area contributed by atoms with Crippen LogP contribution in [0.25, 0.3) is 0 Å². The van der Waals surface area contributed by atoms with Crippen LogP contribution < -0.4 is 10.6 Å². The first-order valence-electron chi connectivity index (χ1n) is 13.8. The molecular weight excluding hydrogens is 396 g/mol. The first kappa shape index (κ1) is 25.6. The first-order chi connectivity index (χ1) is 15.2. The minimum atomic E-state index is 0.0452. The minimum absolute atomic E-state index is 0.0452. The second kappa shape index (κ2) is 11.9. The molecule has 0 aromatic rings. The molecule has 4 nitrogen and oxygen atoms in total. The van der Waals surface area contributed by atoms with Crippen molar-refractivity contribution in [3.63, 3.8) is 0 Å². The van der Waals surface area contributed by atoms with E-state index in [1.165, 1.54) is 64.2 Å². The van der Waals surface area contributed by atoms with Gasteiger partial charge in [-0.3, -0.25) is 9.59 Å². The number of nitrogens with one attached hydrogen (secondary N) is 2. The summed E-state index contributed by atoms with van der Waals surface area (Å²) in [5.74, 6) is 1.96. The lowest BCUT2D eigenvalue weighted by atomic mass is 9.62. The molecule has 3 aliphatic carbocycles. The molecule has 0 heterocycles. The van der Waals surface area contributed by atoms with Gasteiger partial charge in [0, 0.05) is 25.4 Å². The Morgan fingerprint density at radius 1 is 0.750 bits per heavy atom. The lowest BCUT2D eigenvalue weighted by Gasteiger charge is -2.47. The monoisotopic (exact) mass is 446 g/mol. The van der Waals surface area contributed by atoms with E-state index >= 15 is 0 Å². The van der Waals surface area contributed by atoms with Crippen LogP contribution in [-0.2, 0) is 9.59 Å². The molecule has 2 amide bonds. The van der Waals surface area contributed by atoms with Crippen molar-refractivity contribution >= 4 is 11.8 Å². The van der Waals surface area contributed by atoms with E-state index in [0.29, 0.717) is 12.8 Å². The van der Waals surface area contributed by atoms with E-state index in [9.17, 15) is 9.59 Å². The number of carbonyl (C=O) groups is 2. The van der Waals surface area contributed by atoms with Gasteiger partial charge in [0.05, 0.1) is 0 Å². The van der Waals surface area contributed by atoms with E-state index in [1.807, 2.05) is 0 Å². The third-order valence-electron chi connectivity index (χ3n) is 8.53. The quantitative estimate of drug-likeness (QED) is 0.423. The Kier molecular flexibility index (Phi) is 9.49.